The summed E-state index contributed by atoms with van der Waals surface area (Å²) in [5, 5.41) is 0. The van der Waals surface area contributed by atoms with E-state index in [4.69, 9.17) is 0 Å². The van der Waals surface area contributed by atoms with Crippen LogP contribution in [-0.2, 0) is 0 Å². The molecule has 90 valence electrons. The minimum atomic E-state index is 0.432. The van der Waals surface area contributed by atoms with Crippen LogP contribution in [0.15, 0.2) is 25.3 Å². The van der Waals surface area contributed by atoms with Crippen molar-refractivity contribution in [3.63, 3.8) is 0 Å². The summed E-state index contributed by atoms with van der Waals surface area (Å²) >= 11 is 0. The van der Waals surface area contributed by atoms with E-state index >= 15 is 0 Å². The van der Waals surface area contributed by atoms with Gasteiger partial charge in [0.2, 0.25) is 0 Å². The molecule has 0 saturated carbocycles. The summed E-state index contributed by atoms with van der Waals surface area (Å²) in [5.41, 5.74) is 0.432. The van der Waals surface area contributed by atoms with Crippen LogP contribution in [0.4, 0.5) is 0 Å². The fraction of sp³-hybridized carbons (Fsp3) is 0.733. The minimum absolute atomic E-state index is 0.432. The van der Waals surface area contributed by atoms with Gasteiger partial charge in [-0.25, -0.2) is 0 Å². The van der Waals surface area contributed by atoms with E-state index in [0.29, 0.717) is 5.41 Å². The van der Waals surface area contributed by atoms with Gasteiger partial charge in [-0.2, -0.15) is 0 Å². The predicted molar refractivity (Wildman–Crippen MR) is 73.2 cm³/mol. The third-order valence-corrected chi connectivity index (χ3v) is 2.41. The third kappa shape index (κ3) is 16.2. The molecular formula is C15H30. The lowest BCUT2D eigenvalue weighted by Crippen LogP contribution is -2.01. The van der Waals surface area contributed by atoms with Crippen molar-refractivity contribution in [1.29, 1.82) is 0 Å². The summed E-state index contributed by atoms with van der Waals surface area (Å²) in [5.74, 6) is 0.882. The van der Waals surface area contributed by atoms with Gasteiger partial charge in [0.15, 0.2) is 0 Å². The Morgan fingerprint density at radius 1 is 1.00 bits per heavy atom. The van der Waals surface area contributed by atoms with Crippen LogP contribution in [0.1, 0.15) is 60.3 Å². The number of rotatable bonds is 5. The summed E-state index contributed by atoms with van der Waals surface area (Å²) in [6.07, 6.45) is 8.85. The van der Waals surface area contributed by atoms with Crippen LogP contribution in [0, 0.1) is 11.3 Å². The normalized spacial score (nSPS) is 10.5. The molecule has 0 amide bonds. The van der Waals surface area contributed by atoms with Gasteiger partial charge in [-0.3, -0.25) is 0 Å². The molecule has 0 spiro atoms. The zero-order valence-corrected chi connectivity index (χ0v) is 11.5. The second kappa shape index (κ2) is 10.0. The molecule has 0 aromatic carbocycles. The third-order valence-electron chi connectivity index (χ3n) is 2.41. The molecule has 0 aliphatic carbocycles. The fourth-order valence-corrected chi connectivity index (χ4v) is 1.29. The molecule has 0 fully saturated rings. The fourth-order valence-electron chi connectivity index (χ4n) is 1.29. The summed E-state index contributed by atoms with van der Waals surface area (Å²) in [6.45, 7) is 18.4. The molecule has 0 heterocycles. The summed E-state index contributed by atoms with van der Waals surface area (Å²) < 4.78 is 0. The molecule has 0 radical (unpaired) electrons. The highest BCUT2D eigenvalue weighted by atomic mass is 14.1. The summed E-state index contributed by atoms with van der Waals surface area (Å²) in [6, 6.07) is 0. The first-order chi connectivity index (χ1) is 6.91. The van der Waals surface area contributed by atoms with Crippen LogP contribution in [0.3, 0.4) is 0 Å². The lowest BCUT2D eigenvalue weighted by atomic mass is 9.93. The van der Waals surface area contributed by atoms with Crippen molar-refractivity contribution >= 4 is 0 Å². The van der Waals surface area contributed by atoms with Gasteiger partial charge < -0.3 is 0 Å². The molecule has 0 saturated heterocycles. The Balaban J connectivity index is 0. The second-order valence-corrected chi connectivity index (χ2v) is 5.26. The Morgan fingerprint density at radius 3 is 1.53 bits per heavy atom. The number of allylic oxidation sites excluding steroid dienone is 2. The average molecular weight is 210 g/mol. The minimum Gasteiger partial charge on any atom is -0.103 e. The van der Waals surface area contributed by atoms with E-state index in [2.05, 4.69) is 47.8 Å². The molecule has 0 aromatic rings. The van der Waals surface area contributed by atoms with Crippen molar-refractivity contribution < 1.29 is 0 Å². The molecule has 0 N–H and O–H groups in total. The van der Waals surface area contributed by atoms with Crippen molar-refractivity contribution in [2.45, 2.75) is 60.3 Å². The molecule has 0 rings (SSSR count). The van der Waals surface area contributed by atoms with Gasteiger partial charge in [0.25, 0.3) is 0 Å². The maximum absolute atomic E-state index is 3.70. The number of hydrogen-bond donors (Lipinski definition) is 0. The zero-order chi connectivity index (χ0) is 12.3. The molecule has 0 nitrogen and oxygen atoms in total. The highest BCUT2D eigenvalue weighted by molar-refractivity contribution is 4.75. The van der Waals surface area contributed by atoms with E-state index in [1.54, 1.807) is 0 Å². The topological polar surface area (TPSA) is 0 Å². The Kier molecular flexibility index (Phi) is 11.3. The van der Waals surface area contributed by atoms with E-state index in [1.165, 1.54) is 19.3 Å². The van der Waals surface area contributed by atoms with Crippen molar-refractivity contribution in [3.05, 3.63) is 25.3 Å². The monoisotopic (exact) mass is 210 g/mol. The van der Waals surface area contributed by atoms with Crippen molar-refractivity contribution in [1.82, 2.24) is 0 Å². The van der Waals surface area contributed by atoms with Gasteiger partial charge in [0, 0.05) is 0 Å². The van der Waals surface area contributed by atoms with E-state index < -0.39 is 0 Å². The molecule has 0 heteroatoms. The van der Waals surface area contributed by atoms with Gasteiger partial charge >= 0.3 is 0 Å². The van der Waals surface area contributed by atoms with Crippen LogP contribution in [-0.4, -0.2) is 0 Å². The molecular weight excluding hydrogens is 180 g/mol. The van der Waals surface area contributed by atoms with Gasteiger partial charge in [0.1, 0.15) is 0 Å². The van der Waals surface area contributed by atoms with Crippen LogP contribution >= 0.6 is 0 Å². The highest BCUT2D eigenvalue weighted by Gasteiger charge is 2.04. The van der Waals surface area contributed by atoms with Gasteiger partial charge in [-0.15, -0.1) is 13.2 Å². The van der Waals surface area contributed by atoms with E-state index in [9.17, 15) is 0 Å². The molecule has 0 aromatic heterocycles. The molecule has 0 bridgehead atoms. The molecule has 0 unspecified atom stereocenters. The van der Waals surface area contributed by atoms with Crippen LogP contribution in [0.5, 0.6) is 0 Å². The average Bonchev–Trinajstić information content (AvgIpc) is 2.13. The molecule has 0 atom stereocenters. The zero-order valence-electron chi connectivity index (χ0n) is 11.5. The smallest absolute Gasteiger partial charge is 0.0304 e. The first kappa shape index (κ1) is 16.9. The lowest BCUT2D eigenvalue weighted by Gasteiger charge is -2.13. The quantitative estimate of drug-likeness (QED) is 0.518. The SMILES string of the molecule is C=CCC(C)(C)C.C=CCC(CC)CC. The maximum atomic E-state index is 3.70. The van der Waals surface area contributed by atoms with Gasteiger partial charge in [-0.05, 0) is 24.2 Å². The Bertz CT molecular complexity index is 144. The summed E-state index contributed by atoms with van der Waals surface area (Å²) in [7, 11) is 0. The Hall–Kier alpha value is -0.520. The Labute approximate surface area is 97.5 Å². The van der Waals surface area contributed by atoms with Crippen LogP contribution in [0.2, 0.25) is 0 Å². The summed E-state index contributed by atoms with van der Waals surface area (Å²) in [4.78, 5) is 0. The second-order valence-electron chi connectivity index (χ2n) is 5.26. The van der Waals surface area contributed by atoms with Crippen LogP contribution < -0.4 is 0 Å². The largest absolute Gasteiger partial charge is 0.103 e. The highest BCUT2D eigenvalue weighted by Crippen LogP contribution is 2.17. The first-order valence-corrected chi connectivity index (χ1v) is 6.13. The Morgan fingerprint density at radius 2 is 1.47 bits per heavy atom. The first-order valence-electron chi connectivity index (χ1n) is 6.13. The van der Waals surface area contributed by atoms with E-state index in [-0.39, 0.29) is 0 Å². The molecule has 15 heavy (non-hydrogen) atoms. The standard InChI is InChI=1S/C8H16.C7H14/c1-4-7-8(5-2)6-3;1-5-6-7(2,3)4/h4,8H,1,5-7H2,2-3H3;5H,1,6H2,2-4H3. The van der Waals surface area contributed by atoms with Crippen molar-refractivity contribution in [3.8, 4) is 0 Å². The van der Waals surface area contributed by atoms with E-state index in [0.717, 1.165) is 12.3 Å². The molecule has 0 aliphatic rings. The number of hydrogen-bond acceptors (Lipinski definition) is 0. The van der Waals surface area contributed by atoms with Gasteiger partial charge in [-0.1, -0.05) is 59.6 Å². The van der Waals surface area contributed by atoms with Gasteiger partial charge in [0.05, 0.1) is 0 Å². The van der Waals surface area contributed by atoms with E-state index in [1.807, 2.05) is 12.2 Å². The van der Waals surface area contributed by atoms with Crippen molar-refractivity contribution in [2.75, 3.05) is 0 Å². The lowest BCUT2D eigenvalue weighted by molar-refractivity contribution is 0.421. The van der Waals surface area contributed by atoms with Crippen LogP contribution in [0.25, 0.3) is 0 Å². The van der Waals surface area contributed by atoms with Crippen molar-refractivity contribution in [2.24, 2.45) is 11.3 Å². The maximum Gasteiger partial charge on any atom is -0.0304 e. The predicted octanol–water partition coefficient (Wildman–Crippen LogP) is 5.61. The molecule has 0 aliphatic heterocycles.